The Morgan fingerprint density at radius 3 is 2.79 bits per heavy atom. The number of H-pyrrole nitrogens is 1. The second-order valence-corrected chi connectivity index (χ2v) is 4.59. The van der Waals surface area contributed by atoms with Crippen LogP contribution < -0.4 is 10.6 Å². The summed E-state index contributed by atoms with van der Waals surface area (Å²) in [5.41, 5.74) is 1.75. The third kappa shape index (κ3) is 2.63. The van der Waals surface area contributed by atoms with Crippen molar-refractivity contribution in [1.29, 1.82) is 0 Å². The Balaban J connectivity index is 1.67. The predicted molar refractivity (Wildman–Crippen MR) is 71.4 cm³/mol. The van der Waals surface area contributed by atoms with E-state index in [2.05, 4.69) is 25.8 Å². The number of carbonyl (C=O) groups excluding carboxylic acids is 1. The molecule has 0 saturated carbocycles. The van der Waals surface area contributed by atoms with Gasteiger partial charge in [0.05, 0.1) is 5.92 Å². The van der Waals surface area contributed by atoms with Gasteiger partial charge in [0.25, 0.3) is 0 Å². The van der Waals surface area contributed by atoms with Crippen LogP contribution in [0.4, 0.5) is 5.69 Å². The average Bonchev–Trinajstić information content (AvgIpc) is 3.13. The van der Waals surface area contributed by atoms with Gasteiger partial charge in [-0.15, -0.1) is 0 Å². The molecule has 1 atom stereocenters. The molecule has 1 unspecified atom stereocenters. The molecule has 2 aromatic rings. The molecule has 0 bridgehead atoms. The van der Waals surface area contributed by atoms with E-state index in [4.69, 9.17) is 0 Å². The molecule has 0 spiro atoms. The van der Waals surface area contributed by atoms with Crippen LogP contribution in [0.5, 0.6) is 0 Å². The number of carbonyl (C=O) groups is 1. The van der Waals surface area contributed by atoms with E-state index in [0.717, 1.165) is 36.6 Å². The van der Waals surface area contributed by atoms with E-state index in [1.165, 1.54) is 6.33 Å². The number of aromatic amines is 1. The molecule has 3 N–H and O–H groups in total. The molecule has 0 radical (unpaired) electrons. The van der Waals surface area contributed by atoms with Crippen LogP contribution in [-0.2, 0) is 4.79 Å². The van der Waals surface area contributed by atoms with Crippen molar-refractivity contribution < 1.29 is 4.79 Å². The van der Waals surface area contributed by atoms with Crippen LogP contribution >= 0.6 is 0 Å². The van der Waals surface area contributed by atoms with Crippen molar-refractivity contribution in [2.75, 3.05) is 18.4 Å². The summed E-state index contributed by atoms with van der Waals surface area (Å²) in [6, 6.07) is 7.56. The minimum absolute atomic E-state index is 0.0777. The van der Waals surface area contributed by atoms with Crippen LogP contribution in [0.2, 0.25) is 0 Å². The second kappa shape index (κ2) is 5.19. The number of rotatable bonds is 3. The lowest BCUT2D eigenvalue weighted by atomic mass is 10.1. The van der Waals surface area contributed by atoms with Crippen molar-refractivity contribution in [2.24, 2.45) is 5.92 Å². The van der Waals surface area contributed by atoms with Crippen molar-refractivity contribution in [2.45, 2.75) is 6.42 Å². The molecular weight excluding hydrogens is 242 g/mol. The van der Waals surface area contributed by atoms with Crippen molar-refractivity contribution in [3.8, 4) is 11.4 Å². The van der Waals surface area contributed by atoms with E-state index < -0.39 is 0 Å². The molecule has 1 saturated heterocycles. The molecule has 6 heteroatoms. The van der Waals surface area contributed by atoms with Gasteiger partial charge < -0.3 is 10.6 Å². The van der Waals surface area contributed by atoms with Crippen LogP contribution in [0.15, 0.2) is 30.6 Å². The molecule has 1 aromatic heterocycles. The number of amides is 1. The highest BCUT2D eigenvalue weighted by Gasteiger charge is 2.22. The molecular formula is C13H15N5O. The molecule has 1 aliphatic rings. The van der Waals surface area contributed by atoms with Crippen LogP contribution in [-0.4, -0.2) is 34.2 Å². The molecule has 3 rings (SSSR count). The Hall–Kier alpha value is -2.21. The number of nitrogens with one attached hydrogen (secondary N) is 3. The SMILES string of the molecule is O=C(Nc1ccc(-c2ncn[nH]2)cc1)C1CCNC1. The maximum atomic E-state index is 11.9. The molecule has 1 amide bonds. The van der Waals surface area contributed by atoms with E-state index in [0.29, 0.717) is 0 Å². The molecule has 2 heterocycles. The molecule has 1 aliphatic heterocycles. The Morgan fingerprint density at radius 1 is 1.32 bits per heavy atom. The minimum Gasteiger partial charge on any atom is -0.326 e. The van der Waals surface area contributed by atoms with Crippen LogP contribution in [0.3, 0.4) is 0 Å². The van der Waals surface area contributed by atoms with E-state index in [9.17, 15) is 4.79 Å². The number of benzene rings is 1. The fourth-order valence-corrected chi connectivity index (χ4v) is 2.18. The van der Waals surface area contributed by atoms with Crippen molar-refractivity contribution in [1.82, 2.24) is 20.5 Å². The van der Waals surface area contributed by atoms with Gasteiger partial charge in [-0.3, -0.25) is 9.89 Å². The average molecular weight is 257 g/mol. The van der Waals surface area contributed by atoms with Crippen molar-refractivity contribution >= 4 is 11.6 Å². The van der Waals surface area contributed by atoms with E-state index in [1.54, 1.807) is 0 Å². The number of nitrogens with zero attached hydrogens (tertiary/aromatic N) is 2. The van der Waals surface area contributed by atoms with E-state index in [1.807, 2.05) is 24.3 Å². The summed E-state index contributed by atoms with van der Waals surface area (Å²) in [5, 5.41) is 12.7. The Labute approximate surface area is 110 Å². The first-order chi connectivity index (χ1) is 9.33. The minimum atomic E-state index is 0.0777. The molecule has 6 nitrogen and oxygen atoms in total. The van der Waals surface area contributed by atoms with E-state index in [-0.39, 0.29) is 11.8 Å². The van der Waals surface area contributed by atoms with Gasteiger partial charge in [0.1, 0.15) is 6.33 Å². The van der Waals surface area contributed by atoms with Gasteiger partial charge in [-0.05, 0) is 37.2 Å². The lowest BCUT2D eigenvalue weighted by molar-refractivity contribution is -0.119. The number of hydrogen-bond acceptors (Lipinski definition) is 4. The zero-order valence-electron chi connectivity index (χ0n) is 10.4. The summed E-state index contributed by atoms with van der Waals surface area (Å²) < 4.78 is 0. The van der Waals surface area contributed by atoms with Gasteiger partial charge in [-0.1, -0.05) is 0 Å². The molecule has 1 aromatic carbocycles. The highest BCUT2D eigenvalue weighted by atomic mass is 16.1. The normalized spacial score (nSPS) is 18.4. The maximum absolute atomic E-state index is 11.9. The zero-order valence-corrected chi connectivity index (χ0v) is 10.4. The zero-order chi connectivity index (χ0) is 13.1. The first-order valence-corrected chi connectivity index (χ1v) is 6.30. The summed E-state index contributed by atoms with van der Waals surface area (Å²) in [5.74, 6) is 0.879. The Bertz CT molecular complexity index is 543. The van der Waals surface area contributed by atoms with Gasteiger partial charge in [-0.25, -0.2) is 4.98 Å². The van der Waals surface area contributed by atoms with Gasteiger partial charge in [0.2, 0.25) is 5.91 Å². The highest BCUT2D eigenvalue weighted by molar-refractivity contribution is 5.93. The smallest absolute Gasteiger partial charge is 0.228 e. The topological polar surface area (TPSA) is 82.7 Å². The van der Waals surface area contributed by atoms with Crippen molar-refractivity contribution in [3.05, 3.63) is 30.6 Å². The fourth-order valence-electron chi connectivity index (χ4n) is 2.18. The van der Waals surface area contributed by atoms with Crippen LogP contribution in [0.1, 0.15) is 6.42 Å². The first-order valence-electron chi connectivity index (χ1n) is 6.30. The maximum Gasteiger partial charge on any atom is 0.228 e. The quantitative estimate of drug-likeness (QED) is 0.766. The van der Waals surface area contributed by atoms with Gasteiger partial charge >= 0.3 is 0 Å². The highest BCUT2D eigenvalue weighted by Crippen LogP contribution is 2.18. The predicted octanol–water partition coefficient (Wildman–Crippen LogP) is 1.02. The Morgan fingerprint density at radius 2 is 2.16 bits per heavy atom. The molecule has 1 fully saturated rings. The van der Waals surface area contributed by atoms with Gasteiger partial charge in [-0.2, -0.15) is 5.10 Å². The number of anilines is 1. The summed E-state index contributed by atoms with van der Waals surface area (Å²) in [6.45, 7) is 1.69. The fraction of sp³-hybridized carbons (Fsp3) is 0.308. The van der Waals surface area contributed by atoms with Crippen LogP contribution in [0, 0.1) is 5.92 Å². The largest absolute Gasteiger partial charge is 0.326 e. The Kier molecular flexibility index (Phi) is 3.24. The van der Waals surface area contributed by atoms with E-state index >= 15 is 0 Å². The lowest BCUT2D eigenvalue weighted by Gasteiger charge is -2.10. The summed E-state index contributed by atoms with van der Waals surface area (Å²) in [4.78, 5) is 16.0. The first kappa shape index (κ1) is 11.9. The van der Waals surface area contributed by atoms with Gasteiger partial charge in [0.15, 0.2) is 5.82 Å². The standard InChI is InChI=1S/C13H15N5O/c19-13(10-5-6-14-7-10)17-11-3-1-9(2-4-11)12-15-8-16-18-12/h1-4,8,10,14H,5-7H2,(H,17,19)(H,15,16,18). The lowest BCUT2D eigenvalue weighted by Crippen LogP contribution is -2.24. The monoisotopic (exact) mass is 257 g/mol. The van der Waals surface area contributed by atoms with Crippen LogP contribution in [0.25, 0.3) is 11.4 Å². The van der Waals surface area contributed by atoms with Gasteiger partial charge in [0, 0.05) is 17.8 Å². The molecule has 19 heavy (non-hydrogen) atoms. The summed E-state index contributed by atoms with van der Waals surface area (Å²) in [7, 11) is 0. The summed E-state index contributed by atoms with van der Waals surface area (Å²) >= 11 is 0. The van der Waals surface area contributed by atoms with Crippen molar-refractivity contribution in [3.63, 3.8) is 0 Å². The third-order valence-corrected chi connectivity index (χ3v) is 3.27. The third-order valence-electron chi connectivity index (χ3n) is 3.27. The summed E-state index contributed by atoms with van der Waals surface area (Å²) in [6.07, 6.45) is 2.38. The number of hydrogen-bond donors (Lipinski definition) is 3. The number of aromatic nitrogens is 3. The molecule has 0 aliphatic carbocycles. The second-order valence-electron chi connectivity index (χ2n) is 4.59. The molecule has 98 valence electrons.